The Morgan fingerprint density at radius 2 is 1.85 bits per heavy atom. The summed E-state index contributed by atoms with van der Waals surface area (Å²) in [6.07, 6.45) is 5.35. The van der Waals surface area contributed by atoms with Crippen molar-refractivity contribution >= 4 is 5.95 Å². The minimum absolute atomic E-state index is 0.251. The fourth-order valence-corrected chi connectivity index (χ4v) is 2.03. The average molecular weight is 268 g/mol. The first-order valence-corrected chi connectivity index (χ1v) is 6.05. The van der Waals surface area contributed by atoms with Crippen LogP contribution in [0.3, 0.4) is 0 Å². The van der Waals surface area contributed by atoms with Gasteiger partial charge in [0.1, 0.15) is 0 Å². The Morgan fingerprint density at radius 1 is 1.20 bits per heavy atom. The van der Waals surface area contributed by atoms with Gasteiger partial charge in [-0.1, -0.05) is 0 Å². The van der Waals surface area contributed by atoms with Crippen molar-refractivity contribution in [3.8, 4) is 28.8 Å². The van der Waals surface area contributed by atoms with E-state index < -0.39 is 0 Å². The monoisotopic (exact) mass is 268 g/mol. The highest BCUT2D eigenvalue weighted by Crippen LogP contribution is 2.38. The summed E-state index contributed by atoms with van der Waals surface area (Å²) in [5.74, 6) is 1.85. The molecule has 1 aliphatic rings. The Hall–Kier alpha value is -2.81. The molecule has 0 atom stereocenters. The quantitative estimate of drug-likeness (QED) is 0.613. The standard InChI is InChI=1S/C14H12N4O2/c1-9-3-12-13(20-8-19-12)4-11(9)10-5-16-14(17-6-10)18(2)7-15/h3-6H,8H2,1-2H3. The lowest BCUT2D eigenvalue weighted by atomic mass is 10.0. The normalized spacial score (nSPS) is 12.1. The highest BCUT2D eigenvalue weighted by atomic mass is 16.7. The van der Waals surface area contributed by atoms with Gasteiger partial charge in [-0.05, 0) is 30.2 Å². The summed E-state index contributed by atoms with van der Waals surface area (Å²) in [6, 6.07) is 3.86. The van der Waals surface area contributed by atoms with E-state index >= 15 is 0 Å². The van der Waals surface area contributed by atoms with E-state index in [1.54, 1.807) is 19.4 Å². The average Bonchev–Trinajstić information content (AvgIpc) is 2.93. The van der Waals surface area contributed by atoms with Gasteiger partial charge in [0.2, 0.25) is 12.7 Å². The number of nitriles is 1. The predicted octanol–water partition coefficient (Wildman–Crippen LogP) is 2.10. The molecule has 6 nitrogen and oxygen atoms in total. The lowest BCUT2D eigenvalue weighted by molar-refractivity contribution is 0.174. The number of nitrogens with zero attached hydrogens (tertiary/aromatic N) is 4. The van der Waals surface area contributed by atoms with Crippen molar-refractivity contribution in [2.75, 3.05) is 18.7 Å². The van der Waals surface area contributed by atoms with Crippen molar-refractivity contribution in [3.05, 3.63) is 30.1 Å². The molecule has 0 amide bonds. The van der Waals surface area contributed by atoms with E-state index in [2.05, 4.69) is 9.97 Å². The first kappa shape index (κ1) is 12.2. The van der Waals surface area contributed by atoms with Crippen molar-refractivity contribution < 1.29 is 9.47 Å². The first-order chi connectivity index (χ1) is 9.69. The zero-order valence-corrected chi connectivity index (χ0v) is 11.1. The van der Waals surface area contributed by atoms with Crippen LogP contribution >= 0.6 is 0 Å². The molecular weight excluding hydrogens is 256 g/mol. The maximum Gasteiger partial charge on any atom is 0.238 e. The zero-order valence-electron chi connectivity index (χ0n) is 11.1. The van der Waals surface area contributed by atoms with E-state index in [1.165, 1.54) is 4.90 Å². The van der Waals surface area contributed by atoms with E-state index in [4.69, 9.17) is 14.7 Å². The number of aromatic nitrogens is 2. The van der Waals surface area contributed by atoms with Gasteiger partial charge >= 0.3 is 0 Å². The molecule has 100 valence electrons. The Labute approximate surface area is 116 Å². The van der Waals surface area contributed by atoms with Gasteiger partial charge in [-0.25, -0.2) is 9.97 Å². The van der Waals surface area contributed by atoms with Crippen LogP contribution in [0.2, 0.25) is 0 Å². The number of fused-ring (bicyclic) bond motifs is 1. The Balaban J connectivity index is 1.99. The van der Waals surface area contributed by atoms with Crippen molar-refractivity contribution in [1.29, 1.82) is 5.26 Å². The van der Waals surface area contributed by atoms with Crippen LogP contribution in [-0.4, -0.2) is 23.8 Å². The molecule has 0 radical (unpaired) electrons. The summed E-state index contributed by atoms with van der Waals surface area (Å²) in [5, 5.41) is 8.79. The molecule has 0 saturated heterocycles. The summed E-state index contributed by atoms with van der Waals surface area (Å²) in [6.45, 7) is 2.24. The first-order valence-electron chi connectivity index (χ1n) is 6.05. The second kappa shape index (κ2) is 4.70. The highest BCUT2D eigenvalue weighted by Gasteiger charge is 2.16. The minimum Gasteiger partial charge on any atom is -0.454 e. The number of hydrogen-bond acceptors (Lipinski definition) is 6. The van der Waals surface area contributed by atoms with Crippen LogP contribution in [0.25, 0.3) is 11.1 Å². The van der Waals surface area contributed by atoms with Gasteiger partial charge in [-0.2, -0.15) is 5.26 Å². The van der Waals surface area contributed by atoms with Crippen LogP contribution in [0.1, 0.15) is 5.56 Å². The molecular formula is C14H12N4O2. The van der Waals surface area contributed by atoms with Crippen molar-refractivity contribution in [3.63, 3.8) is 0 Å². The van der Waals surface area contributed by atoms with Crippen LogP contribution < -0.4 is 14.4 Å². The Bertz CT molecular complexity index is 692. The number of ether oxygens (including phenoxy) is 2. The van der Waals surface area contributed by atoms with E-state index in [0.29, 0.717) is 5.95 Å². The third-order valence-electron chi connectivity index (χ3n) is 3.12. The van der Waals surface area contributed by atoms with Gasteiger partial charge in [0.05, 0.1) is 0 Å². The zero-order chi connectivity index (χ0) is 14.1. The van der Waals surface area contributed by atoms with E-state index in [0.717, 1.165) is 28.2 Å². The number of anilines is 1. The SMILES string of the molecule is Cc1cc2c(cc1-c1cnc(N(C)C#N)nc1)OCO2. The van der Waals surface area contributed by atoms with Gasteiger partial charge in [-0.15, -0.1) is 0 Å². The van der Waals surface area contributed by atoms with Crippen LogP contribution in [0, 0.1) is 18.4 Å². The molecule has 0 unspecified atom stereocenters. The molecule has 0 saturated carbocycles. The molecule has 1 aromatic heterocycles. The molecule has 0 bridgehead atoms. The molecule has 0 aliphatic carbocycles. The second-order valence-corrected chi connectivity index (χ2v) is 4.45. The molecule has 20 heavy (non-hydrogen) atoms. The molecule has 2 heterocycles. The fourth-order valence-electron chi connectivity index (χ4n) is 2.03. The largest absolute Gasteiger partial charge is 0.454 e. The maximum atomic E-state index is 8.79. The van der Waals surface area contributed by atoms with Crippen molar-refractivity contribution in [1.82, 2.24) is 9.97 Å². The second-order valence-electron chi connectivity index (χ2n) is 4.45. The maximum absolute atomic E-state index is 8.79. The van der Waals surface area contributed by atoms with E-state index in [1.807, 2.05) is 25.2 Å². The van der Waals surface area contributed by atoms with E-state index in [9.17, 15) is 0 Å². The van der Waals surface area contributed by atoms with Crippen molar-refractivity contribution in [2.45, 2.75) is 6.92 Å². The molecule has 1 aliphatic heterocycles. The molecule has 2 aromatic rings. The summed E-state index contributed by atoms with van der Waals surface area (Å²) < 4.78 is 10.7. The third kappa shape index (κ3) is 1.99. The molecule has 1 aromatic carbocycles. The van der Waals surface area contributed by atoms with Crippen LogP contribution in [0.15, 0.2) is 24.5 Å². The number of hydrogen-bond donors (Lipinski definition) is 0. The third-order valence-corrected chi connectivity index (χ3v) is 3.12. The molecule has 0 fully saturated rings. The van der Waals surface area contributed by atoms with Crippen LogP contribution in [0.4, 0.5) is 5.95 Å². The topological polar surface area (TPSA) is 71.3 Å². The molecule has 0 spiro atoms. The highest BCUT2D eigenvalue weighted by molar-refractivity contribution is 5.70. The van der Waals surface area contributed by atoms with Crippen molar-refractivity contribution in [2.24, 2.45) is 0 Å². The van der Waals surface area contributed by atoms with Gasteiger partial charge in [0.25, 0.3) is 0 Å². The number of aryl methyl sites for hydroxylation is 1. The lowest BCUT2D eigenvalue weighted by Crippen LogP contribution is -2.11. The molecule has 6 heteroatoms. The van der Waals surface area contributed by atoms with Gasteiger partial charge in [-0.3, -0.25) is 4.90 Å². The van der Waals surface area contributed by atoms with Gasteiger partial charge in [0.15, 0.2) is 17.7 Å². The Morgan fingerprint density at radius 3 is 2.50 bits per heavy atom. The lowest BCUT2D eigenvalue weighted by Gasteiger charge is -2.09. The molecule has 3 rings (SSSR count). The molecule has 0 N–H and O–H groups in total. The fraction of sp³-hybridized carbons (Fsp3) is 0.214. The minimum atomic E-state index is 0.251. The summed E-state index contributed by atoms with van der Waals surface area (Å²) >= 11 is 0. The summed E-state index contributed by atoms with van der Waals surface area (Å²) in [7, 11) is 1.61. The number of rotatable bonds is 2. The summed E-state index contributed by atoms with van der Waals surface area (Å²) in [4.78, 5) is 9.66. The van der Waals surface area contributed by atoms with Crippen LogP contribution in [0.5, 0.6) is 11.5 Å². The van der Waals surface area contributed by atoms with Gasteiger partial charge in [0, 0.05) is 25.0 Å². The predicted molar refractivity (Wildman–Crippen MR) is 72.3 cm³/mol. The van der Waals surface area contributed by atoms with Gasteiger partial charge < -0.3 is 9.47 Å². The summed E-state index contributed by atoms with van der Waals surface area (Å²) in [5.41, 5.74) is 2.91. The Kier molecular flexibility index (Phi) is 2.88. The smallest absolute Gasteiger partial charge is 0.238 e. The van der Waals surface area contributed by atoms with E-state index in [-0.39, 0.29) is 6.79 Å². The number of benzene rings is 1. The van der Waals surface area contributed by atoms with Crippen LogP contribution in [-0.2, 0) is 0 Å².